The van der Waals surface area contributed by atoms with Crippen molar-refractivity contribution in [2.75, 3.05) is 12.9 Å². The standard InChI is InChI=1S/C11H15ClO3S/c1-15-7-2-3-8(9(12)6-7)11(14)10(13)4-5-16/h2-3,6,10-11,13-14,16H,4-5H2,1H3. The van der Waals surface area contributed by atoms with Crippen LogP contribution < -0.4 is 4.74 Å². The van der Waals surface area contributed by atoms with Crippen LogP contribution in [0.1, 0.15) is 18.1 Å². The van der Waals surface area contributed by atoms with Gasteiger partial charge in [0.1, 0.15) is 11.9 Å². The molecule has 0 spiro atoms. The Balaban J connectivity index is 2.87. The summed E-state index contributed by atoms with van der Waals surface area (Å²) in [5, 5.41) is 19.9. The number of hydrogen-bond donors (Lipinski definition) is 3. The van der Waals surface area contributed by atoms with E-state index in [0.717, 1.165) is 0 Å². The molecule has 2 unspecified atom stereocenters. The highest BCUT2D eigenvalue weighted by Gasteiger charge is 2.20. The zero-order valence-electron chi connectivity index (χ0n) is 8.93. The third kappa shape index (κ3) is 3.28. The normalized spacial score (nSPS) is 14.6. The fraction of sp³-hybridized carbons (Fsp3) is 0.455. The van der Waals surface area contributed by atoms with Gasteiger partial charge in [-0.05, 0) is 24.3 Å². The lowest BCUT2D eigenvalue weighted by Crippen LogP contribution is -2.19. The Kier molecular flexibility index (Phi) is 5.41. The summed E-state index contributed by atoms with van der Waals surface area (Å²) in [6, 6.07) is 4.94. The number of thiol groups is 1. The van der Waals surface area contributed by atoms with Crippen molar-refractivity contribution < 1.29 is 14.9 Å². The number of halogens is 1. The topological polar surface area (TPSA) is 49.7 Å². The minimum atomic E-state index is -0.995. The molecule has 3 nitrogen and oxygen atoms in total. The summed E-state index contributed by atoms with van der Waals surface area (Å²) in [6.07, 6.45) is -1.44. The van der Waals surface area contributed by atoms with Gasteiger partial charge in [0.2, 0.25) is 0 Å². The molecule has 0 aliphatic carbocycles. The van der Waals surface area contributed by atoms with E-state index in [1.54, 1.807) is 18.2 Å². The first-order valence-electron chi connectivity index (χ1n) is 4.90. The molecule has 0 saturated heterocycles. The van der Waals surface area contributed by atoms with Crippen molar-refractivity contribution in [1.29, 1.82) is 0 Å². The summed E-state index contributed by atoms with van der Waals surface area (Å²) in [5.74, 6) is 1.12. The van der Waals surface area contributed by atoms with Gasteiger partial charge in [0.25, 0.3) is 0 Å². The predicted octanol–water partition coefficient (Wildman–Crippen LogP) is 2.06. The SMILES string of the molecule is COc1ccc(C(O)C(O)CCS)c(Cl)c1. The molecule has 0 heterocycles. The average molecular weight is 263 g/mol. The maximum atomic E-state index is 9.86. The van der Waals surface area contributed by atoms with Gasteiger partial charge in [-0.1, -0.05) is 17.7 Å². The first-order chi connectivity index (χ1) is 7.60. The van der Waals surface area contributed by atoms with Crippen molar-refractivity contribution in [1.82, 2.24) is 0 Å². The van der Waals surface area contributed by atoms with Gasteiger partial charge >= 0.3 is 0 Å². The summed E-state index contributed by atoms with van der Waals surface area (Å²) in [5.41, 5.74) is 0.497. The molecule has 1 aromatic rings. The number of aliphatic hydroxyl groups excluding tert-OH is 2. The Morgan fingerprint density at radius 2 is 2.12 bits per heavy atom. The van der Waals surface area contributed by atoms with Crippen LogP contribution in [0.15, 0.2) is 18.2 Å². The van der Waals surface area contributed by atoms with Crippen molar-refractivity contribution in [2.24, 2.45) is 0 Å². The predicted molar refractivity (Wildman–Crippen MR) is 67.4 cm³/mol. The molecule has 0 aliphatic rings. The van der Waals surface area contributed by atoms with E-state index in [4.69, 9.17) is 16.3 Å². The largest absolute Gasteiger partial charge is 0.497 e. The number of aliphatic hydroxyl groups is 2. The molecular formula is C11H15ClO3S. The van der Waals surface area contributed by atoms with Crippen molar-refractivity contribution in [3.05, 3.63) is 28.8 Å². The Morgan fingerprint density at radius 3 is 2.62 bits per heavy atom. The molecule has 2 N–H and O–H groups in total. The number of methoxy groups -OCH3 is 1. The lowest BCUT2D eigenvalue weighted by molar-refractivity contribution is 0.0173. The van der Waals surface area contributed by atoms with E-state index < -0.39 is 12.2 Å². The van der Waals surface area contributed by atoms with Crippen LogP contribution in [-0.4, -0.2) is 29.2 Å². The van der Waals surface area contributed by atoms with Gasteiger partial charge in [-0.3, -0.25) is 0 Å². The molecule has 0 amide bonds. The second-order valence-corrected chi connectivity index (χ2v) is 4.27. The van der Waals surface area contributed by atoms with Crippen LogP contribution in [0.3, 0.4) is 0 Å². The van der Waals surface area contributed by atoms with Gasteiger partial charge in [0.05, 0.1) is 18.2 Å². The summed E-state index contributed by atoms with van der Waals surface area (Å²) in [6.45, 7) is 0. The number of ether oxygens (including phenoxy) is 1. The van der Waals surface area contributed by atoms with Crippen LogP contribution in [0.5, 0.6) is 5.75 Å². The van der Waals surface area contributed by atoms with Gasteiger partial charge in [-0.15, -0.1) is 0 Å². The molecule has 1 aromatic carbocycles. The number of rotatable bonds is 5. The monoisotopic (exact) mass is 262 g/mol. The molecular weight excluding hydrogens is 248 g/mol. The molecule has 0 aliphatic heterocycles. The van der Waals surface area contributed by atoms with Crippen molar-refractivity contribution in [3.8, 4) is 5.75 Å². The van der Waals surface area contributed by atoms with Crippen LogP contribution in [-0.2, 0) is 0 Å². The molecule has 90 valence electrons. The Bertz CT molecular complexity index is 346. The van der Waals surface area contributed by atoms with E-state index in [1.807, 2.05) is 0 Å². The molecule has 16 heavy (non-hydrogen) atoms. The van der Waals surface area contributed by atoms with Gasteiger partial charge in [-0.25, -0.2) is 0 Å². The van der Waals surface area contributed by atoms with E-state index in [0.29, 0.717) is 28.5 Å². The van der Waals surface area contributed by atoms with E-state index >= 15 is 0 Å². The van der Waals surface area contributed by atoms with Gasteiger partial charge in [-0.2, -0.15) is 12.6 Å². The summed E-state index contributed by atoms with van der Waals surface area (Å²) in [4.78, 5) is 0. The van der Waals surface area contributed by atoms with Crippen LogP contribution in [0.4, 0.5) is 0 Å². The molecule has 0 bridgehead atoms. The maximum Gasteiger partial charge on any atom is 0.120 e. The molecule has 0 aromatic heterocycles. The number of hydrogen-bond acceptors (Lipinski definition) is 4. The molecule has 0 radical (unpaired) electrons. The fourth-order valence-corrected chi connectivity index (χ4v) is 1.92. The van der Waals surface area contributed by atoms with Gasteiger partial charge in [0, 0.05) is 5.56 Å². The smallest absolute Gasteiger partial charge is 0.120 e. The zero-order valence-corrected chi connectivity index (χ0v) is 10.6. The summed E-state index contributed by atoms with van der Waals surface area (Å²) in [7, 11) is 1.54. The third-order valence-electron chi connectivity index (χ3n) is 2.32. The second kappa shape index (κ2) is 6.35. The lowest BCUT2D eigenvalue weighted by Gasteiger charge is -2.18. The minimum Gasteiger partial charge on any atom is -0.497 e. The Labute approximate surface area is 105 Å². The van der Waals surface area contributed by atoms with Gasteiger partial charge < -0.3 is 14.9 Å². The number of benzene rings is 1. The fourth-order valence-electron chi connectivity index (χ4n) is 1.37. The molecule has 5 heteroatoms. The second-order valence-electron chi connectivity index (χ2n) is 3.41. The van der Waals surface area contributed by atoms with E-state index in [2.05, 4.69) is 12.6 Å². The van der Waals surface area contributed by atoms with Crippen molar-refractivity contribution in [3.63, 3.8) is 0 Å². The van der Waals surface area contributed by atoms with Gasteiger partial charge in [0.15, 0.2) is 0 Å². The Morgan fingerprint density at radius 1 is 1.44 bits per heavy atom. The van der Waals surface area contributed by atoms with E-state index in [9.17, 15) is 10.2 Å². The molecule has 2 atom stereocenters. The molecule has 0 saturated carbocycles. The molecule has 0 fully saturated rings. The van der Waals surface area contributed by atoms with Crippen molar-refractivity contribution >= 4 is 24.2 Å². The maximum absolute atomic E-state index is 9.86. The van der Waals surface area contributed by atoms with Crippen LogP contribution in [0, 0.1) is 0 Å². The minimum absolute atomic E-state index is 0.380. The highest BCUT2D eigenvalue weighted by atomic mass is 35.5. The molecule has 1 rings (SSSR count). The lowest BCUT2D eigenvalue weighted by atomic mass is 10.0. The van der Waals surface area contributed by atoms with E-state index in [-0.39, 0.29) is 0 Å². The first kappa shape index (κ1) is 13.6. The van der Waals surface area contributed by atoms with Crippen LogP contribution in [0.2, 0.25) is 5.02 Å². The third-order valence-corrected chi connectivity index (χ3v) is 2.90. The van der Waals surface area contributed by atoms with Crippen LogP contribution >= 0.6 is 24.2 Å². The highest BCUT2D eigenvalue weighted by molar-refractivity contribution is 7.80. The average Bonchev–Trinajstić information content (AvgIpc) is 2.28. The summed E-state index contributed by atoms with van der Waals surface area (Å²) >= 11 is 9.98. The quantitative estimate of drug-likeness (QED) is 0.712. The summed E-state index contributed by atoms with van der Waals surface area (Å²) < 4.78 is 5.00. The first-order valence-corrected chi connectivity index (χ1v) is 5.91. The zero-order chi connectivity index (χ0) is 12.1. The van der Waals surface area contributed by atoms with Crippen molar-refractivity contribution in [2.45, 2.75) is 18.6 Å². The Hall–Kier alpha value is -0.420. The van der Waals surface area contributed by atoms with Crippen LogP contribution in [0.25, 0.3) is 0 Å². The van der Waals surface area contributed by atoms with E-state index in [1.165, 1.54) is 7.11 Å². The highest BCUT2D eigenvalue weighted by Crippen LogP contribution is 2.29.